The van der Waals surface area contributed by atoms with Crippen molar-refractivity contribution in [3.05, 3.63) is 0 Å². The van der Waals surface area contributed by atoms with E-state index in [2.05, 4.69) is 13.8 Å². The van der Waals surface area contributed by atoms with E-state index in [0.29, 0.717) is 6.61 Å². The van der Waals surface area contributed by atoms with Gasteiger partial charge in [0.05, 0.1) is 12.5 Å². The van der Waals surface area contributed by atoms with E-state index in [1.165, 1.54) is 44.9 Å². The van der Waals surface area contributed by atoms with Gasteiger partial charge in [-0.05, 0) is 19.8 Å². The zero-order valence-corrected chi connectivity index (χ0v) is 12.0. The van der Waals surface area contributed by atoms with Crippen LogP contribution in [0.25, 0.3) is 0 Å². The standard InChI is InChI=1S/C8H14O2.C7H16/c1-2-10-8(9)7-5-3-4-6-7;1-3-5-7-6-4-2/h7H,2-6H2,1H3;3-7H2,1-2H3. The van der Waals surface area contributed by atoms with E-state index in [0.717, 1.165) is 12.8 Å². The second kappa shape index (κ2) is 11.9. The van der Waals surface area contributed by atoms with Gasteiger partial charge in [0, 0.05) is 0 Å². The summed E-state index contributed by atoms with van der Waals surface area (Å²) in [6.45, 7) is 6.87. The predicted octanol–water partition coefficient (Wildman–Crippen LogP) is 4.72. The Labute approximate surface area is 107 Å². The molecule has 0 aromatic carbocycles. The molecule has 1 fully saturated rings. The van der Waals surface area contributed by atoms with Crippen molar-refractivity contribution in [2.24, 2.45) is 5.92 Å². The van der Waals surface area contributed by atoms with Crippen molar-refractivity contribution >= 4 is 5.97 Å². The highest BCUT2D eigenvalue weighted by molar-refractivity contribution is 5.72. The van der Waals surface area contributed by atoms with Gasteiger partial charge in [-0.25, -0.2) is 0 Å². The van der Waals surface area contributed by atoms with Crippen LogP contribution in [0.5, 0.6) is 0 Å². The van der Waals surface area contributed by atoms with Gasteiger partial charge in [-0.1, -0.05) is 58.8 Å². The number of unbranched alkanes of at least 4 members (excludes halogenated alkanes) is 4. The highest BCUT2D eigenvalue weighted by atomic mass is 16.5. The van der Waals surface area contributed by atoms with Crippen LogP contribution < -0.4 is 0 Å². The van der Waals surface area contributed by atoms with Crippen LogP contribution >= 0.6 is 0 Å². The number of rotatable bonds is 6. The summed E-state index contributed by atoms with van der Waals surface area (Å²) in [6.07, 6.45) is 11.5. The molecule has 102 valence electrons. The molecule has 0 saturated heterocycles. The second-order valence-corrected chi connectivity index (χ2v) is 4.79. The maximum absolute atomic E-state index is 11.0. The first-order valence-electron chi connectivity index (χ1n) is 7.42. The van der Waals surface area contributed by atoms with E-state index in [-0.39, 0.29) is 11.9 Å². The molecule has 1 saturated carbocycles. The zero-order chi connectivity index (χ0) is 12.9. The average molecular weight is 242 g/mol. The first-order valence-corrected chi connectivity index (χ1v) is 7.42. The van der Waals surface area contributed by atoms with Gasteiger partial charge in [-0.2, -0.15) is 0 Å². The Morgan fingerprint density at radius 2 is 1.53 bits per heavy atom. The molecule has 0 unspecified atom stereocenters. The maximum Gasteiger partial charge on any atom is 0.308 e. The van der Waals surface area contributed by atoms with E-state index >= 15 is 0 Å². The molecule has 0 heterocycles. The fourth-order valence-electron chi connectivity index (χ4n) is 2.10. The van der Waals surface area contributed by atoms with Gasteiger partial charge >= 0.3 is 5.97 Å². The lowest BCUT2D eigenvalue weighted by atomic mass is 10.1. The summed E-state index contributed by atoms with van der Waals surface area (Å²) in [4.78, 5) is 11.0. The third-order valence-corrected chi connectivity index (χ3v) is 3.18. The van der Waals surface area contributed by atoms with Gasteiger partial charge in [0.25, 0.3) is 0 Å². The molecule has 17 heavy (non-hydrogen) atoms. The summed E-state index contributed by atoms with van der Waals surface area (Å²) < 4.78 is 4.89. The molecule has 0 aliphatic heterocycles. The second-order valence-electron chi connectivity index (χ2n) is 4.79. The van der Waals surface area contributed by atoms with Gasteiger partial charge in [-0.3, -0.25) is 4.79 Å². The summed E-state index contributed by atoms with van der Waals surface area (Å²) in [5, 5.41) is 0. The number of carbonyl (C=O) groups is 1. The third-order valence-electron chi connectivity index (χ3n) is 3.18. The fourth-order valence-corrected chi connectivity index (χ4v) is 2.10. The lowest BCUT2D eigenvalue weighted by Crippen LogP contribution is -2.13. The van der Waals surface area contributed by atoms with Crippen LogP contribution in [0, 0.1) is 5.92 Å². The summed E-state index contributed by atoms with van der Waals surface area (Å²) in [5.74, 6) is 0.236. The molecule has 1 aliphatic carbocycles. The van der Waals surface area contributed by atoms with Crippen molar-refractivity contribution in [1.29, 1.82) is 0 Å². The van der Waals surface area contributed by atoms with Crippen molar-refractivity contribution in [1.82, 2.24) is 0 Å². The molecule has 2 heteroatoms. The first kappa shape index (κ1) is 16.5. The fraction of sp³-hybridized carbons (Fsp3) is 0.933. The Bertz CT molecular complexity index is 168. The SMILES string of the molecule is CCCCCCC.CCOC(=O)C1CCCC1. The van der Waals surface area contributed by atoms with Crippen LogP contribution in [0.15, 0.2) is 0 Å². The average Bonchev–Trinajstić information content (AvgIpc) is 2.84. The van der Waals surface area contributed by atoms with E-state index in [9.17, 15) is 4.79 Å². The summed E-state index contributed by atoms with van der Waals surface area (Å²) in [5.41, 5.74) is 0. The molecule has 1 rings (SSSR count). The predicted molar refractivity (Wildman–Crippen MR) is 73.0 cm³/mol. The van der Waals surface area contributed by atoms with Crippen molar-refractivity contribution in [2.75, 3.05) is 6.61 Å². The minimum atomic E-state index is 0.0139. The third kappa shape index (κ3) is 9.20. The zero-order valence-electron chi connectivity index (χ0n) is 12.0. The Hall–Kier alpha value is -0.530. The molecular formula is C15H30O2. The van der Waals surface area contributed by atoms with Crippen LogP contribution in [-0.2, 0) is 9.53 Å². The van der Waals surface area contributed by atoms with Gasteiger partial charge in [0.2, 0.25) is 0 Å². The summed E-state index contributed by atoms with van der Waals surface area (Å²) in [7, 11) is 0. The highest BCUT2D eigenvalue weighted by Gasteiger charge is 2.23. The van der Waals surface area contributed by atoms with Crippen LogP contribution in [-0.4, -0.2) is 12.6 Å². The Morgan fingerprint density at radius 1 is 1.00 bits per heavy atom. The molecule has 0 N–H and O–H groups in total. The van der Waals surface area contributed by atoms with Gasteiger partial charge in [0.1, 0.15) is 0 Å². The summed E-state index contributed by atoms with van der Waals surface area (Å²) >= 11 is 0. The van der Waals surface area contributed by atoms with Crippen LogP contribution in [0.3, 0.4) is 0 Å². The highest BCUT2D eigenvalue weighted by Crippen LogP contribution is 2.25. The Balaban J connectivity index is 0.000000325. The normalized spacial score (nSPS) is 15.2. The Kier molecular flexibility index (Phi) is 11.6. The molecular weight excluding hydrogens is 212 g/mol. The minimum absolute atomic E-state index is 0.0139. The number of esters is 1. The van der Waals surface area contributed by atoms with Crippen LogP contribution in [0.1, 0.15) is 78.6 Å². The van der Waals surface area contributed by atoms with Crippen LogP contribution in [0.2, 0.25) is 0 Å². The van der Waals surface area contributed by atoms with Gasteiger partial charge < -0.3 is 4.74 Å². The molecule has 0 amide bonds. The van der Waals surface area contributed by atoms with E-state index in [1.807, 2.05) is 6.92 Å². The molecule has 0 spiro atoms. The quantitative estimate of drug-likeness (QED) is 0.498. The number of carbonyl (C=O) groups excluding carboxylic acids is 1. The molecule has 1 aliphatic rings. The summed E-state index contributed by atoms with van der Waals surface area (Å²) in [6, 6.07) is 0. The molecule has 2 nitrogen and oxygen atoms in total. The van der Waals surface area contributed by atoms with Gasteiger partial charge in [0.15, 0.2) is 0 Å². The van der Waals surface area contributed by atoms with Crippen molar-refractivity contribution in [3.8, 4) is 0 Å². The lowest BCUT2D eigenvalue weighted by Gasteiger charge is -2.06. The lowest BCUT2D eigenvalue weighted by molar-refractivity contribution is -0.147. The topological polar surface area (TPSA) is 26.3 Å². The first-order chi connectivity index (χ1) is 8.26. The minimum Gasteiger partial charge on any atom is -0.466 e. The number of ether oxygens (including phenoxy) is 1. The Morgan fingerprint density at radius 3 is 1.94 bits per heavy atom. The van der Waals surface area contributed by atoms with Crippen LogP contribution in [0.4, 0.5) is 0 Å². The van der Waals surface area contributed by atoms with E-state index in [4.69, 9.17) is 4.74 Å². The smallest absolute Gasteiger partial charge is 0.308 e. The largest absolute Gasteiger partial charge is 0.466 e. The molecule has 0 aromatic rings. The maximum atomic E-state index is 11.0. The molecule has 0 bridgehead atoms. The molecule has 0 aromatic heterocycles. The van der Waals surface area contributed by atoms with Crippen molar-refractivity contribution in [3.63, 3.8) is 0 Å². The van der Waals surface area contributed by atoms with E-state index < -0.39 is 0 Å². The van der Waals surface area contributed by atoms with E-state index in [1.54, 1.807) is 0 Å². The van der Waals surface area contributed by atoms with Crippen molar-refractivity contribution in [2.45, 2.75) is 78.6 Å². The number of hydrogen-bond acceptors (Lipinski definition) is 2. The van der Waals surface area contributed by atoms with Gasteiger partial charge in [-0.15, -0.1) is 0 Å². The number of hydrogen-bond donors (Lipinski definition) is 0. The molecule has 0 radical (unpaired) electrons. The molecule has 0 atom stereocenters. The monoisotopic (exact) mass is 242 g/mol. The van der Waals surface area contributed by atoms with Crippen molar-refractivity contribution < 1.29 is 9.53 Å².